The molecule has 0 atom stereocenters. The van der Waals surface area contributed by atoms with Crippen molar-refractivity contribution in [3.63, 3.8) is 0 Å². The first-order valence-electron chi connectivity index (χ1n) is 2.19. The molecule has 0 saturated carbocycles. The standard InChI is InChI=1S/Ir.4NO3/c;4*2-1(3)4/q+4;4*-1. The first-order chi connectivity index (χ1) is 6.93. The maximum Gasteiger partial charge on any atom is 4.00 e. The van der Waals surface area contributed by atoms with E-state index in [1.54, 1.807) is 0 Å². The third kappa shape index (κ3) is 271. The Kier molecular flexibility index (Phi) is 40.2. The van der Waals surface area contributed by atoms with Gasteiger partial charge < -0.3 is 61.3 Å². The minimum atomic E-state index is -1.75. The molecule has 0 aliphatic carbocycles. The second-order valence-corrected chi connectivity index (χ2v) is 0.894. The molecule has 0 bridgehead atoms. The van der Waals surface area contributed by atoms with Gasteiger partial charge in [0.15, 0.2) is 0 Å². The van der Waals surface area contributed by atoms with E-state index in [1.165, 1.54) is 0 Å². The Morgan fingerprint density at radius 3 is 0.412 bits per heavy atom. The van der Waals surface area contributed by atoms with E-state index >= 15 is 0 Å². The molecule has 0 saturated heterocycles. The molecule has 16 nitrogen and oxygen atoms in total. The SMILES string of the molecule is O=[N+]([O-])[O-].O=[N+]([O-])[O-].O=[N+]([O-])[O-].O=[N+]([O-])[O-].[Ir+4]. The third-order valence-electron chi connectivity index (χ3n) is 0. The number of hydrogen-bond acceptors (Lipinski definition) is 12. The van der Waals surface area contributed by atoms with Crippen molar-refractivity contribution in [1.29, 1.82) is 0 Å². The number of rotatable bonds is 0. The minimum absolute atomic E-state index is 0. The van der Waals surface area contributed by atoms with Crippen LogP contribution in [-0.4, -0.2) is 20.3 Å². The summed E-state index contributed by atoms with van der Waals surface area (Å²) in [6.07, 6.45) is 0. The van der Waals surface area contributed by atoms with Crippen LogP contribution in [0.1, 0.15) is 0 Å². The van der Waals surface area contributed by atoms with E-state index in [4.69, 9.17) is 61.3 Å². The quantitative estimate of drug-likeness (QED) is 0.325. The van der Waals surface area contributed by atoms with Crippen molar-refractivity contribution in [3.05, 3.63) is 61.3 Å². The Bertz CT molecular complexity index is 159. The average molecular weight is 440 g/mol. The fourth-order valence-corrected chi connectivity index (χ4v) is 0. The molecule has 17 heavy (non-hydrogen) atoms. The van der Waals surface area contributed by atoms with Gasteiger partial charge in [-0.2, -0.15) is 0 Å². The Labute approximate surface area is 102 Å². The van der Waals surface area contributed by atoms with Crippen LogP contribution in [0.4, 0.5) is 0 Å². The maximum atomic E-state index is 8.25. The molecule has 0 aromatic heterocycles. The molecule has 0 aliphatic heterocycles. The van der Waals surface area contributed by atoms with E-state index in [2.05, 4.69) is 0 Å². The fourth-order valence-electron chi connectivity index (χ4n) is 0. The summed E-state index contributed by atoms with van der Waals surface area (Å²) in [6, 6.07) is 0. The van der Waals surface area contributed by atoms with Crippen molar-refractivity contribution in [3.8, 4) is 0 Å². The molecule has 0 spiro atoms. The third-order valence-corrected chi connectivity index (χ3v) is 0. The molecule has 0 N–H and O–H groups in total. The van der Waals surface area contributed by atoms with Crippen molar-refractivity contribution in [2.45, 2.75) is 0 Å². The van der Waals surface area contributed by atoms with Crippen molar-refractivity contribution in [2.75, 3.05) is 0 Å². The second-order valence-electron chi connectivity index (χ2n) is 0.894. The van der Waals surface area contributed by atoms with Crippen LogP contribution < -0.4 is 0 Å². The van der Waals surface area contributed by atoms with Crippen LogP contribution >= 0.6 is 0 Å². The largest absolute Gasteiger partial charge is 4.00 e. The smallest absolute Gasteiger partial charge is 0.356 e. The van der Waals surface area contributed by atoms with Gasteiger partial charge in [-0.25, -0.2) is 0 Å². The van der Waals surface area contributed by atoms with Gasteiger partial charge in [0, 0.05) is 0 Å². The van der Waals surface area contributed by atoms with Crippen LogP contribution in [0.3, 0.4) is 0 Å². The summed E-state index contributed by atoms with van der Waals surface area (Å²) in [6.45, 7) is 0. The van der Waals surface area contributed by atoms with Crippen molar-refractivity contribution in [1.82, 2.24) is 0 Å². The van der Waals surface area contributed by atoms with E-state index in [0.29, 0.717) is 0 Å². The maximum absolute atomic E-state index is 8.25. The molecule has 0 heterocycles. The van der Waals surface area contributed by atoms with Crippen LogP contribution in [-0.2, 0) is 20.1 Å². The molecule has 1 radical (unpaired) electrons. The van der Waals surface area contributed by atoms with E-state index in [1.807, 2.05) is 0 Å². The fraction of sp³-hybridized carbons (Fsp3) is 0. The summed E-state index contributed by atoms with van der Waals surface area (Å²) in [5.74, 6) is 0. The van der Waals surface area contributed by atoms with Gasteiger partial charge in [0.25, 0.3) is 0 Å². The number of hydrogen-bond donors (Lipinski definition) is 0. The zero-order valence-corrected chi connectivity index (χ0v) is 9.42. The van der Waals surface area contributed by atoms with Crippen LogP contribution in [0.2, 0.25) is 0 Å². The molecular weight excluding hydrogens is 440 g/mol. The van der Waals surface area contributed by atoms with Crippen LogP contribution in [0, 0.1) is 61.3 Å². The summed E-state index contributed by atoms with van der Waals surface area (Å²) in [5.41, 5.74) is 0. The van der Waals surface area contributed by atoms with Gasteiger partial charge in [-0.05, 0) is 0 Å². The Morgan fingerprint density at radius 1 is 0.412 bits per heavy atom. The number of nitrogens with zero attached hydrogens (tertiary/aromatic N) is 4. The monoisotopic (exact) mass is 441 g/mol. The minimum Gasteiger partial charge on any atom is -0.356 e. The van der Waals surface area contributed by atoms with Crippen LogP contribution in [0.5, 0.6) is 0 Å². The Morgan fingerprint density at radius 2 is 0.412 bits per heavy atom. The van der Waals surface area contributed by atoms with Crippen LogP contribution in [0.25, 0.3) is 0 Å². The summed E-state index contributed by atoms with van der Waals surface area (Å²) < 4.78 is 0. The summed E-state index contributed by atoms with van der Waals surface area (Å²) in [4.78, 5) is 33.0. The van der Waals surface area contributed by atoms with Crippen molar-refractivity contribution >= 4 is 0 Å². The van der Waals surface area contributed by atoms with Crippen LogP contribution in [0.15, 0.2) is 0 Å². The molecule has 0 fully saturated rings. The second kappa shape index (κ2) is 23.3. The Hall–Kier alpha value is -2.55. The van der Waals surface area contributed by atoms with Gasteiger partial charge in [0.05, 0.1) is 20.3 Å². The van der Waals surface area contributed by atoms with E-state index < -0.39 is 20.3 Å². The molecule has 17 heteroatoms. The van der Waals surface area contributed by atoms with Gasteiger partial charge in [0.1, 0.15) is 0 Å². The summed E-state index contributed by atoms with van der Waals surface area (Å²) in [5, 5.41) is 59.0. The van der Waals surface area contributed by atoms with E-state index in [0.717, 1.165) is 0 Å². The molecule has 0 unspecified atom stereocenters. The van der Waals surface area contributed by atoms with E-state index in [-0.39, 0.29) is 20.1 Å². The van der Waals surface area contributed by atoms with Gasteiger partial charge in [-0.3, -0.25) is 0 Å². The molecule has 0 aliphatic rings. The summed E-state index contributed by atoms with van der Waals surface area (Å²) >= 11 is 0. The predicted octanol–water partition coefficient (Wildman–Crippen LogP) is -0.959. The van der Waals surface area contributed by atoms with Crippen molar-refractivity contribution in [2.24, 2.45) is 0 Å². The first-order valence-corrected chi connectivity index (χ1v) is 2.19. The van der Waals surface area contributed by atoms with Gasteiger partial charge in [-0.15, -0.1) is 0 Å². The average Bonchev–Trinajstić information content (AvgIpc) is 1.76. The molecule has 101 valence electrons. The molecular formula is IrN4O12. The normalized spacial score (nSPS) is 5.65. The van der Waals surface area contributed by atoms with Gasteiger partial charge in [0.2, 0.25) is 0 Å². The molecule has 0 aromatic rings. The zero-order chi connectivity index (χ0) is 14.3. The molecule has 0 rings (SSSR count). The molecule has 0 aromatic carbocycles. The summed E-state index contributed by atoms with van der Waals surface area (Å²) in [7, 11) is 0. The van der Waals surface area contributed by atoms with E-state index in [9.17, 15) is 0 Å². The topological polar surface area (TPSA) is 265 Å². The predicted molar refractivity (Wildman–Crippen MR) is 41.4 cm³/mol. The van der Waals surface area contributed by atoms with Gasteiger partial charge in [-0.1, -0.05) is 0 Å². The van der Waals surface area contributed by atoms with Crippen molar-refractivity contribution < 1.29 is 40.5 Å². The zero-order valence-electron chi connectivity index (χ0n) is 7.02. The first kappa shape index (κ1) is 29.3. The Balaban J connectivity index is -0.0000000369. The van der Waals surface area contributed by atoms with Gasteiger partial charge >= 0.3 is 20.1 Å². The molecule has 0 amide bonds.